The Bertz CT molecular complexity index is 1280. The molecule has 0 fully saturated rings. The molecule has 0 spiro atoms. The SMILES string of the molecule is COc1ccc(-c2c(F)cccc2OC)cc1S(=O)(=O)Nc1cccc(NCCOC(N)=O)c1. The van der Waals surface area contributed by atoms with Crippen LogP contribution in [-0.2, 0) is 14.8 Å². The average Bonchev–Trinajstić information content (AvgIpc) is 2.81. The van der Waals surface area contributed by atoms with E-state index in [1.54, 1.807) is 36.4 Å². The number of anilines is 2. The van der Waals surface area contributed by atoms with Crippen LogP contribution in [0.4, 0.5) is 20.6 Å². The number of carbonyl (C=O) groups is 1. The number of amides is 1. The number of halogens is 1. The summed E-state index contributed by atoms with van der Waals surface area (Å²) in [6, 6.07) is 15.2. The van der Waals surface area contributed by atoms with E-state index in [-0.39, 0.29) is 40.8 Å². The molecular formula is C23H24FN3O6S. The van der Waals surface area contributed by atoms with Crippen molar-refractivity contribution in [1.29, 1.82) is 0 Å². The van der Waals surface area contributed by atoms with Crippen molar-refractivity contribution >= 4 is 27.5 Å². The van der Waals surface area contributed by atoms with Gasteiger partial charge >= 0.3 is 6.09 Å². The Hall–Kier alpha value is -3.99. The van der Waals surface area contributed by atoms with Crippen LogP contribution in [0.5, 0.6) is 11.5 Å². The summed E-state index contributed by atoms with van der Waals surface area (Å²) in [5.74, 6) is -0.204. The highest BCUT2D eigenvalue weighted by molar-refractivity contribution is 7.92. The van der Waals surface area contributed by atoms with Gasteiger partial charge in [-0.2, -0.15) is 0 Å². The third kappa shape index (κ3) is 5.87. The molecule has 0 heterocycles. The average molecular weight is 490 g/mol. The first kappa shape index (κ1) is 24.6. The van der Waals surface area contributed by atoms with Crippen molar-refractivity contribution in [3.8, 4) is 22.6 Å². The molecule has 0 saturated carbocycles. The lowest BCUT2D eigenvalue weighted by atomic mass is 10.0. The number of rotatable bonds is 10. The summed E-state index contributed by atoms with van der Waals surface area (Å²) in [4.78, 5) is 10.5. The summed E-state index contributed by atoms with van der Waals surface area (Å²) in [6.45, 7) is 0.328. The number of hydrogen-bond donors (Lipinski definition) is 3. The van der Waals surface area contributed by atoms with Crippen LogP contribution in [-0.4, -0.2) is 41.9 Å². The zero-order valence-corrected chi connectivity index (χ0v) is 19.3. The molecule has 0 aliphatic rings. The quantitative estimate of drug-likeness (QED) is 0.369. The van der Waals surface area contributed by atoms with Crippen molar-refractivity contribution in [3.63, 3.8) is 0 Å². The summed E-state index contributed by atoms with van der Waals surface area (Å²) in [7, 11) is -1.38. The highest BCUT2D eigenvalue weighted by Gasteiger charge is 2.23. The van der Waals surface area contributed by atoms with Gasteiger partial charge in [0.2, 0.25) is 0 Å². The zero-order valence-electron chi connectivity index (χ0n) is 18.5. The largest absolute Gasteiger partial charge is 0.496 e. The molecule has 1 amide bonds. The Labute approximate surface area is 196 Å². The number of ether oxygens (including phenoxy) is 3. The van der Waals surface area contributed by atoms with Crippen molar-refractivity contribution < 1.29 is 31.8 Å². The lowest BCUT2D eigenvalue weighted by Gasteiger charge is -2.15. The molecule has 180 valence electrons. The van der Waals surface area contributed by atoms with E-state index < -0.39 is 21.9 Å². The monoisotopic (exact) mass is 489 g/mol. The predicted octanol–water partition coefficient (Wildman–Crippen LogP) is 3.82. The van der Waals surface area contributed by atoms with Crippen LogP contribution in [0.15, 0.2) is 65.6 Å². The Morgan fingerprint density at radius 2 is 1.68 bits per heavy atom. The number of benzene rings is 3. The maximum Gasteiger partial charge on any atom is 0.404 e. The second kappa shape index (κ2) is 10.8. The van der Waals surface area contributed by atoms with Gasteiger partial charge in [0.05, 0.1) is 25.5 Å². The smallest absolute Gasteiger partial charge is 0.404 e. The van der Waals surface area contributed by atoms with Gasteiger partial charge < -0.3 is 25.3 Å². The lowest BCUT2D eigenvalue weighted by Crippen LogP contribution is -2.18. The molecule has 0 saturated heterocycles. The van der Waals surface area contributed by atoms with Gasteiger partial charge in [-0.1, -0.05) is 18.2 Å². The highest BCUT2D eigenvalue weighted by atomic mass is 32.2. The molecule has 3 aromatic carbocycles. The van der Waals surface area contributed by atoms with Crippen LogP contribution in [0.3, 0.4) is 0 Å². The van der Waals surface area contributed by atoms with Crippen molar-refractivity contribution in [2.45, 2.75) is 4.90 Å². The molecule has 0 aliphatic heterocycles. The highest BCUT2D eigenvalue weighted by Crippen LogP contribution is 2.37. The molecule has 11 heteroatoms. The molecule has 0 unspecified atom stereocenters. The fourth-order valence-electron chi connectivity index (χ4n) is 3.25. The van der Waals surface area contributed by atoms with Crippen LogP contribution >= 0.6 is 0 Å². The number of hydrogen-bond acceptors (Lipinski definition) is 7. The van der Waals surface area contributed by atoms with E-state index in [0.717, 1.165) is 0 Å². The second-order valence-corrected chi connectivity index (χ2v) is 8.61. The van der Waals surface area contributed by atoms with E-state index >= 15 is 0 Å². The number of sulfonamides is 1. The van der Waals surface area contributed by atoms with Gasteiger partial charge in [0, 0.05) is 12.2 Å². The molecular weight excluding hydrogens is 465 g/mol. The number of nitrogens with one attached hydrogen (secondary N) is 2. The maximum absolute atomic E-state index is 14.6. The predicted molar refractivity (Wildman–Crippen MR) is 126 cm³/mol. The van der Waals surface area contributed by atoms with Crippen molar-refractivity contribution in [1.82, 2.24) is 0 Å². The van der Waals surface area contributed by atoms with Gasteiger partial charge in [0.15, 0.2) is 0 Å². The summed E-state index contributed by atoms with van der Waals surface area (Å²) in [6.07, 6.45) is -0.882. The Balaban J connectivity index is 1.90. The van der Waals surface area contributed by atoms with E-state index in [9.17, 15) is 17.6 Å². The number of primary amides is 1. The number of carbonyl (C=O) groups excluding carboxylic acids is 1. The molecule has 3 aromatic rings. The van der Waals surface area contributed by atoms with E-state index in [1.165, 1.54) is 38.5 Å². The third-order valence-corrected chi connectivity index (χ3v) is 6.13. The Morgan fingerprint density at radius 1 is 0.971 bits per heavy atom. The third-order valence-electron chi connectivity index (χ3n) is 4.73. The summed E-state index contributed by atoms with van der Waals surface area (Å²) in [5, 5.41) is 2.99. The fourth-order valence-corrected chi connectivity index (χ4v) is 4.49. The van der Waals surface area contributed by atoms with Crippen LogP contribution in [0, 0.1) is 5.82 Å². The van der Waals surface area contributed by atoms with E-state index in [0.29, 0.717) is 11.3 Å². The minimum atomic E-state index is -4.12. The van der Waals surface area contributed by atoms with E-state index in [4.69, 9.17) is 15.2 Å². The van der Waals surface area contributed by atoms with Crippen LogP contribution in [0.2, 0.25) is 0 Å². The normalized spacial score (nSPS) is 10.9. The first-order valence-electron chi connectivity index (χ1n) is 10.0. The van der Waals surface area contributed by atoms with Crippen molar-refractivity contribution in [2.75, 3.05) is 37.4 Å². The molecule has 0 bridgehead atoms. The van der Waals surface area contributed by atoms with Crippen LogP contribution in [0.25, 0.3) is 11.1 Å². The van der Waals surface area contributed by atoms with Gasteiger partial charge in [0.25, 0.3) is 10.0 Å². The van der Waals surface area contributed by atoms with E-state index in [2.05, 4.69) is 14.8 Å². The van der Waals surface area contributed by atoms with Gasteiger partial charge in [-0.15, -0.1) is 0 Å². The molecule has 4 N–H and O–H groups in total. The van der Waals surface area contributed by atoms with Crippen molar-refractivity contribution in [2.24, 2.45) is 5.73 Å². The topological polar surface area (TPSA) is 129 Å². The minimum Gasteiger partial charge on any atom is -0.496 e. The summed E-state index contributed by atoms with van der Waals surface area (Å²) in [5.41, 5.74) is 6.21. The molecule has 3 rings (SSSR count). The summed E-state index contributed by atoms with van der Waals surface area (Å²) >= 11 is 0. The van der Waals surface area contributed by atoms with Gasteiger partial charge in [-0.25, -0.2) is 17.6 Å². The standard InChI is InChI=1S/C23H24FN3O6S/c1-31-19-10-9-15(22-18(24)7-4-8-20(22)32-2)13-21(19)34(29,30)27-17-6-3-5-16(14-17)26-11-12-33-23(25)28/h3-10,13-14,26-27H,11-12H2,1-2H3,(H2,25,28). The molecule has 34 heavy (non-hydrogen) atoms. The first-order chi connectivity index (χ1) is 16.2. The summed E-state index contributed by atoms with van der Waals surface area (Å²) < 4.78 is 58.7. The maximum atomic E-state index is 14.6. The molecule has 0 radical (unpaired) electrons. The van der Waals surface area contributed by atoms with Crippen LogP contribution < -0.4 is 25.2 Å². The molecule has 9 nitrogen and oxygen atoms in total. The Morgan fingerprint density at radius 3 is 2.38 bits per heavy atom. The lowest BCUT2D eigenvalue weighted by molar-refractivity contribution is 0.161. The van der Waals surface area contributed by atoms with Crippen LogP contribution in [0.1, 0.15) is 0 Å². The van der Waals surface area contributed by atoms with Gasteiger partial charge in [-0.3, -0.25) is 4.72 Å². The number of nitrogens with two attached hydrogens (primary N) is 1. The molecule has 0 aromatic heterocycles. The zero-order chi connectivity index (χ0) is 24.7. The van der Waals surface area contributed by atoms with Gasteiger partial charge in [0.1, 0.15) is 28.8 Å². The molecule has 0 atom stereocenters. The van der Waals surface area contributed by atoms with Gasteiger partial charge in [-0.05, 0) is 48.0 Å². The fraction of sp³-hybridized carbons (Fsp3) is 0.174. The van der Waals surface area contributed by atoms with Crippen molar-refractivity contribution in [3.05, 3.63) is 66.5 Å². The second-order valence-electron chi connectivity index (χ2n) is 6.96. The first-order valence-corrected chi connectivity index (χ1v) is 11.5. The minimum absolute atomic E-state index is 0.0504. The number of methoxy groups -OCH3 is 2. The Kier molecular flexibility index (Phi) is 7.79. The van der Waals surface area contributed by atoms with E-state index in [1.807, 2.05) is 0 Å². The molecule has 0 aliphatic carbocycles.